The van der Waals surface area contributed by atoms with Gasteiger partial charge < -0.3 is 9.47 Å². The molecular weight excluding hydrogens is 164 g/mol. The van der Waals surface area contributed by atoms with E-state index in [-0.39, 0.29) is 11.9 Å². The van der Waals surface area contributed by atoms with E-state index in [1.807, 2.05) is 0 Å². The van der Waals surface area contributed by atoms with Crippen molar-refractivity contribution < 1.29 is 23.9 Å². The van der Waals surface area contributed by atoms with Crippen LogP contribution in [-0.2, 0) is 23.9 Å². The minimum atomic E-state index is -0.865. The number of rotatable bonds is 3. The average Bonchev–Trinajstić information content (AvgIpc) is 2.12. The van der Waals surface area contributed by atoms with Gasteiger partial charge in [-0.3, -0.25) is 4.79 Å². The number of methoxy groups -OCH3 is 2. The SMILES string of the molecule is COC(=O)/C=C(\C=O)C(=O)OC. The molecule has 5 nitrogen and oxygen atoms in total. The predicted octanol–water partition coefficient (Wildman–Crippen LogP) is -0.542. The van der Waals surface area contributed by atoms with Gasteiger partial charge in [-0.25, -0.2) is 9.59 Å². The first-order valence-electron chi connectivity index (χ1n) is 2.98. The molecule has 0 heterocycles. The quantitative estimate of drug-likeness (QED) is 0.188. The molecule has 0 aliphatic heterocycles. The van der Waals surface area contributed by atoms with Crippen LogP contribution in [0.25, 0.3) is 0 Å². The van der Waals surface area contributed by atoms with E-state index in [4.69, 9.17) is 0 Å². The maximum Gasteiger partial charge on any atom is 0.341 e. The van der Waals surface area contributed by atoms with Crippen LogP contribution in [0.2, 0.25) is 0 Å². The Hall–Kier alpha value is -1.65. The molecule has 0 aliphatic rings. The highest BCUT2D eigenvalue weighted by atomic mass is 16.5. The molecule has 0 fully saturated rings. The predicted molar refractivity (Wildman–Crippen MR) is 38.2 cm³/mol. The Labute approximate surface area is 69.0 Å². The van der Waals surface area contributed by atoms with E-state index in [9.17, 15) is 14.4 Å². The number of hydrogen-bond acceptors (Lipinski definition) is 5. The van der Waals surface area contributed by atoms with E-state index in [0.29, 0.717) is 0 Å². The lowest BCUT2D eigenvalue weighted by atomic mass is 10.3. The third-order valence-corrected chi connectivity index (χ3v) is 1.02. The fourth-order valence-electron chi connectivity index (χ4n) is 0.445. The van der Waals surface area contributed by atoms with E-state index >= 15 is 0 Å². The molecule has 0 N–H and O–H groups in total. The zero-order valence-electron chi connectivity index (χ0n) is 6.70. The molecule has 0 aromatic carbocycles. The highest BCUT2D eigenvalue weighted by Crippen LogP contribution is 1.93. The maximum absolute atomic E-state index is 10.7. The molecule has 0 saturated heterocycles. The van der Waals surface area contributed by atoms with E-state index in [1.165, 1.54) is 0 Å². The summed E-state index contributed by atoms with van der Waals surface area (Å²) < 4.78 is 8.40. The molecule has 0 aromatic rings. The Balaban J connectivity index is 4.54. The van der Waals surface area contributed by atoms with E-state index in [0.717, 1.165) is 20.3 Å². The second-order valence-electron chi connectivity index (χ2n) is 1.73. The Morgan fingerprint density at radius 2 is 1.75 bits per heavy atom. The van der Waals surface area contributed by atoms with Crippen molar-refractivity contribution in [3.63, 3.8) is 0 Å². The normalized spacial score (nSPS) is 10.3. The van der Waals surface area contributed by atoms with Crippen LogP contribution < -0.4 is 0 Å². The summed E-state index contributed by atoms with van der Waals surface area (Å²) in [4.78, 5) is 31.4. The van der Waals surface area contributed by atoms with Gasteiger partial charge in [-0.05, 0) is 0 Å². The topological polar surface area (TPSA) is 69.7 Å². The van der Waals surface area contributed by atoms with Crippen molar-refractivity contribution in [3.8, 4) is 0 Å². The van der Waals surface area contributed by atoms with Gasteiger partial charge in [0, 0.05) is 6.08 Å². The molecule has 0 atom stereocenters. The lowest BCUT2D eigenvalue weighted by molar-refractivity contribution is -0.139. The zero-order chi connectivity index (χ0) is 9.56. The van der Waals surface area contributed by atoms with Crippen LogP contribution in [0.15, 0.2) is 11.6 Å². The fraction of sp³-hybridized carbons (Fsp3) is 0.286. The summed E-state index contributed by atoms with van der Waals surface area (Å²) in [7, 11) is 2.25. The fourth-order valence-corrected chi connectivity index (χ4v) is 0.445. The van der Waals surface area contributed by atoms with E-state index in [2.05, 4.69) is 9.47 Å². The van der Waals surface area contributed by atoms with Crippen molar-refractivity contribution in [2.75, 3.05) is 14.2 Å². The summed E-state index contributed by atoms with van der Waals surface area (Å²) in [5.74, 6) is -1.64. The third kappa shape index (κ3) is 2.96. The molecule has 0 aliphatic carbocycles. The van der Waals surface area contributed by atoms with Crippen LogP contribution in [0.5, 0.6) is 0 Å². The van der Waals surface area contributed by atoms with Crippen molar-refractivity contribution in [1.82, 2.24) is 0 Å². The number of esters is 2. The summed E-state index contributed by atoms with van der Waals surface area (Å²) in [6.45, 7) is 0. The number of carbonyl (C=O) groups excluding carboxylic acids is 3. The number of aldehydes is 1. The van der Waals surface area contributed by atoms with Gasteiger partial charge >= 0.3 is 11.9 Å². The van der Waals surface area contributed by atoms with Gasteiger partial charge in [0.15, 0.2) is 6.29 Å². The van der Waals surface area contributed by atoms with Crippen molar-refractivity contribution in [1.29, 1.82) is 0 Å². The Morgan fingerprint density at radius 1 is 1.17 bits per heavy atom. The third-order valence-electron chi connectivity index (χ3n) is 1.02. The van der Waals surface area contributed by atoms with Crippen LogP contribution in [0, 0.1) is 0 Å². The largest absolute Gasteiger partial charge is 0.466 e. The first-order valence-corrected chi connectivity index (χ1v) is 2.98. The number of carbonyl (C=O) groups is 3. The van der Waals surface area contributed by atoms with Crippen LogP contribution >= 0.6 is 0 Å². The molecule has 0 aromatic heterocycles. The van der Waals surface area contributed by atoms with Crippen LogP contribution in [0.1, 0.15) is 0 Å². The molecule has 0 rings (SSSR count). The van der Waals surface area contributed by atoms with Gasteiger partial charge in [-0.1, -0.05) is 0 Å². The smallest absolute Gasteiger partial charge is 0.341 e. The van der Waals surface area contributed by atoms with Crippen molar-refractivity contribution in [2.24, 2.45) is 0 Å². The summed E-state index contributed by atoms with van der Waals surface area (Å²) in [5.41, 5.74) is -0.371. The molecule has 0 amide bonds. The van der Waals surface area contributed by atoms with Crippen LogP contribution in [0.4, 0.5) is 0 Å². The average molecular weight is 172 g/mol. The summed E-state index contributed by atoms with van der Waals surface area (Å²) in [6.07, 6.45) is 0.988. The summed E-state index contributed by atoms with van der Waals surface area (Å²) in [5, 5.41) is 0. The first-order chi connectivity index (χ1) is 5.65. The number of ether oxygens (including phenoxy) is 2. The lowest BCUT2D eigenvalue weighted by Crippen LogP contribution is -2.08. The molecule has 66 valence electrons. The van der Waals surface area contributed by atoms with Gasteiger partial charge in [0.25, 0.3) is 0 Å². The van der Waals surface area contributed by atoms with E-state index < -0.39 is 11.9 Å². The monoisotopic (exact) mass is 172 g/mol. The lowest BCUT2D eigenvalue weighted by Gasteiger charge is -1.95. The van der Waals surface area contributed by atoms with Crippen molar-refractivity contribution >= 4 is 18.2 Å². The second-order valence-corrected chi connectivity index (χ2v) is 1.73. The van der Waals surface area contributed by atoms with E-state index in [1.54, 1.807) is 0 Å². The Morgan fingerprint density at radius 3 is 2.08 bits per heavy atom. The minimum absolute atomic E-state index is 0.225. The molecule has 0 bridgehead atoms. The first kappa shape index (κ1) is 10.3. The van der Waals surface area contributed by atoms with Crippen molar-refractivity contribution in [3.05, 3.63) is 11.6 Å². The molecular formula is C7H8O5. The molecule has 0 radical (unpaired) electrons. The Bertz CT molecular complexity index is 228. The van der Waals surface area contributed by atoms with Gasteiger partial charge in [0.05, 0.1) is 14.2 Å². The molecule has 0 spiro atoms. The molecule has 5 heteroatoms. The molecule has 0 unspecified atom stereocenters. The Kier molecular flexibility index (Phi) is 4.36. The van der Waals surface area contributed by atoms with Crippen molar-refractivity contribution in [2.45, 2.75) is 0 Å². The summed E-state index contributed by atoms with van der Waals surface area (Å²) in [6, 6.07) is 0. The van der Waals surface area contributed by atoms with Gasteiger partial charge in [0.2, 0.25) is 0 Å². The standard InChI is InChI=1S/C7H8O5/c1-11-6(9)3-5(4-8)7(10)12-2/h3-4H,1-2H3/b5-3+. The second kappa shape index (κ2) is 5.06. The highest BCUT2D eigenvalue weighted by Gasteiger charge is 2.10. The van der Waals surface area contributed by atoms with Gasteiger partial charge in [0.1, 0.15) is 5.57 Å². The van der Waals surface area contributed by atoms with Crippen LogP contribution in [0.3, 0.4) is 0 Å². The molecule has 0 saturated carbocycles. The zero-order valence-corrected chi connectivity index (χ0v) is 6.70. The van der Waals surface area contributed by atoms with Crippen LogP contribution in [-0.4, -0.2) is 32.4 Å². The van der Waals surface area contributed by atoms with Gasteiger partial charge in [-0.2, -0.15) is 0 Å². The number of hydrogen-bond donors (Lipinski definition) is 0. The summed E-state index contributed by atoms with van der Waals surface area (Å²) >= 11 is 0. The van der Waals surface area contributed by atoms with Gasteiger partial charge in [-0.15, -0.1) is 0 Å². The maximum atomic E-state index is 10.7. The highest BCUT2D eigenvalue weighted by molar-refractivity contribution is 6.11. The molecule has 12 heavy (non-hydrogen) atoms. The minimum Gasteiger partial charge on any atom is -0.466 e.